The lowest BCUT2D eigenvalue weighted by Crippen LogP contribution is -2.44. The van der Waals surface area contributed by atoms with Crippen LogP contribution in [-0.4, -0.2) is 52.9 Å². The van der Waals surface area contributed by atoms with Crippen LogP contribution in [0.15, 0.2) is 18.5 Å². The van der Waals surface area contributed by atoms with E-state index in [2.05, 4.69) is 27.6 Å². The molecule has 1 aliphatic rings. The summed E-state index contributed by atoms with van der Waals surface area (Å²) in [5, 5.41) is 10.0. The van der Waals surface area contributed by atoms with Gasteiger partial charge < -0.3 is 15.5 Å². The summed E-state index contributed by atoms with van der Waals surface area (Å²) in [6.45, 7) is 8.96. The minimum absolute atomic E-state index is 0.0608. The SMILES string of the molecule is CCN1CC[C@H](CNC(=O)N[C@@H](C)Cn2cccn2)C1. The van der Waals surface area contributed by atoms with E-state index in [-0.39, 0.29) is 12.1 Å². The van der Waals surface area contributed by atoms with E-state index in [9.17, 15) is 4.79 Å². The van der Waals surface area contributed by atoms with Crippen LogP contribution in [0.25, 0.3) is 0 Å². The van der Waals surface area contributed by atoms with E-state index in [0.717, 1.165) is 26.2 Å². The molecule has 0 spiro atoms. The molecule has 0 aromatic carbocycles. The molecule has 6 nitrogen and oxygen atoms in total. The average Bonchev–Trinajstić information content (AvgIpc) is 3.07. The number of hydrogen-bond acceptors (Lipinski definition) is 3. The molecule has 20 heavy (non-hydrogen) atoms. The van der Waals surface area contributed by atoms with Crippen LogP contribution >= 0.6 is 0 Å². The van der Waals surface area contributed by atoms with Crippen molar-refractivity contribution in [1.82, 2.24) is 25.3 Å². The predicted octanol–water partition coefficient (Wildman–Crippen LogP) is 0.913. The summed E-state index contributed by atoms with van der Waals surface area (Å²) < 4.78 is 1.82. The number of carbonyl (C=O) groups is 1. The lowest BCUT2D eigenvalue weighted by molar-refractivity contribution is 0.234. The number of hydrogen-bond donors (Lipinski definition) is 2. The largest absolute Gasteiger partial charge is 0.338 e. The van der Waals surface area contributed by atoms with Gasteiger partial charge in [0, 0.05) is 31.5 Å². The van der Waals surface area contributed by atoms with E-state index in [0.29, 0.717) is 12.5 Å². The Morgan fingerprint density at radius 3 is 3.05 bits per heavy atom. The zero-order valence-corrected chi connectivity index (χ0v) is 12.4. The maximum absolute atomic E-state index is 11.8. The zero-order valence-electron chi connectivity index (χ0n) is 12.4. The van der Waals surface area contributed by atoms with Crippen LogP contribution in [0.1, 0.15) is 20.3 Å². The fourth-order valence-corrected chi connectivity index (χ4v) is 2.61. The van der Waals surface area contributed by atoms with Crippen LogP contribution in [0.4, 0.5) is 4.79 Å². The summed E-state index contributed by atoms with van der Waals surface area (Å²) in [6.07, 6.45) is 4.82. The van der Waals surface area contributed by atoms with Gasteiger partial charge >= 0.3 is 6.03 Å². The van der Waals surface area contributed by atoms with Gasteiger partial charge in [-0.15, -0.1) is 0 Å². The summed E-state index contributed by atoms with van der Waals surface area (Å²) in [5.74, 6) is 0.585. The molecule has 0 bridgehead atoms. The first kappa shape index (κ1) is 14.8. The zero-order chi connectivity index (χ0) is 14.4. The number of nitrogens with one attached hydrogen (secondary N) is 2. The van der Waals surface area contributed by atoms with Crippen molar-refractivity contribution in [1.29, 1.82) is 0 Å². The Bertz CT molecular complexity index is 406. The molecule has 2 rings (SSSR count). The maximum atomic E-state index is 11.8. The van der Waals surface area contributed by atoms with Crippen LogP contribution in [-0.2, 0) is 6.54 Å². The van der Waals surface area contributed by atoms with Crippen molar-refractivity contribution >= 4 is 6.03 Å². The number of amides is 2. The van der Waals surface area contributed by atoms with E-state index < -0.39 is 0 Å². The molecule has 1 aromatic heterocycles. The highest BCUT2D eigenvalue weighted by atomic mass is 16.2. The molecule has 0 unspecified atom stereocenters. The molecule has 1 fully saturated rings. The van der Waals surface area contributed by atoms with E-state index in [1.807, 2.05) is 23.9 Å². The molecule has 1 aliphatic heterocycles. The highest BCUT2D eigenvalue weighted by Gasteiger charge is 2.21. The highest BCUT2D eigenvalue weighted by molar-refractivity contribution is 5.74. The van der Waals surface area contributed by atoms with Crippen molar-refractivity contribution in [3.05, 3.63) is 18.5 Å². The number of likely N-dealkylation sites (tertiary alicyclic amines) is 1. The van der Waals surface area contributed by atoms with Gasteiger partial charge in [0.2, 0.25) is 0 Å². The average molecular weight is 279 g/mol. The monoisotopic (exact) mass is 279 g/mol. The van der Waals surface area contributed by atoms with Crippen LogP contribution in [0.2, 0.25) is 0 Å². The molecule has 2 amide bonds. The number of urea groups is 1. The second kappa shape index (κ2) is 7.28. The second-order valence-corrected chi connectivity index (χ2v) is 5.53. The van der Waals surface area contributed by atoms with Crippen molar-refractivity contribution in [2.24, 2.45) is 5.92 Å². The second-order valence-electron chi connectivity index (χ2n) is 5.53. The van der Waals surface area contributed by atoms with Gasteiger partial charge in [0.15, 0.2) is 0 Å². The third kappa shape index (κ3) is 4.52. The fourth-order valence-electron chi connectivity index (χ4n) is 2.61. The highest BCUT2D eigenvalue weighted by Crippen LogP contribution is 2.14. The molecule has 2 heterocycles. The number of carbonyl (C=O) groups excluding carboxylic acids is 1. The van der Waals surface area contributed by atoms with Gasteiger partial charge in [-0.2, -0.15) is 5.10 Å². The Morgan fingerprint density at radius 1 is 1.55 bits per heavy atom. The molecule has 6 heteroatoms. The van der Waals surface area contributed by atoms with E-state index in [4.69, 9.17) is 0 Å². The fraction of sp³-hybridized carbons (Fsp3) is 0.714. The Hall–Kier alpha value is -1.56. The lowest BCUT2D eigenvalue weighted by atomic mass is 10.1. The molecule has 1 saturated heterocycles. The van der Waals surface area contributed by atoms with Crippen molar-refractivity contribution < 1.29 is 4.79 Å². The Morgan fingerprint density at radius 2 is 2.40 bits per heavy atom. The quantitative estimate of drug-likeness (QED) is 0.814. The molecule has 0 radical (unpaired) electrons. The third-order valence-corrected chi connectivity index (χ3v) is 3.77. The van der Waals surface area contributed by atoms with Gasteiger partial charge in [-0.05, 0) is 38.4 Å². The normalized spacial score (nSPS) is 20.8. The van der Waals surface area contributed by atoms with Crippen molar-refractivity contribution in [2.75, 3.05) is 26.2 Å². The number of aromatic nitrogens is 2. The van der Waals surface area contributed by atoms with E-state index in [1.165, 1.54) is 6.42 Å². The Labute approximate surface area is 120 Å². The van der Waals surface area contributed by atoms with Crippen molar-refractivity contribution in [2.45, 2.75) is 32.9 Å². The first-order valence-corrected chi connectivity index (χ1v) is 7.41. The van der Waals surface area contributed by atoms with Crippen LogP contribution in [0, 0.1) is 5.92 Å². The van der Waals surface area contributed by atoms with Gasteiger partial charge in [-0.1, -0.05) is 6.92 Å². The summed E-state index contributed by atoms with van der Waals surface area (Å²) in [4.78, 5) is 14.2. The predicted molar refractivity (Wildman–Crippen MR) is 78.4 cm³/mol. The van der Waals surface area contributed by atoms with Gasteiger partial charge in [-0.3, -0.25) is 4.68 Å². The van der Waals surface area contributed by atoms with Gasteiger partial charge in [0.05, 0.1) is 6.54 Å². The molecule has 2 N–H and O–H groups in total. The summed E-state index contributed by atoms with van der Waals surface area (Å²) >= 11 is 0. The van der Waals surface area contributed by atoms with Crippen molar-refractivity contribution in [3.8, 4) is 0 Å². The molecule has 0 aliphatic carbocycles. The summed E-state index contributed by atoms with van der Waals surface area (Å²) in [7, 11) is 0. The first-order valence-electron chi connectivity index (χ1n) is 7.41. The maximum Gasteiger partial charge on any atom is 0.315 e. The molecule has 0 saturated carbocycles. The van der Waals surface area contributed by atoms with Gasteiger partial charge in [0.25, 0.3) is 0 Å². The Balaban J connectivity index is 1.62. The molecule has 2 atom stereocenters. The Kier molecular flexibility index (Phi) is 5.40. The lowest BCUT2D eigenvalue weighted by Gasteiger charge is -2.17. The smallest absolute Gasteiger partial charge is 0.315 e. The summed E-state index contributed by atoms with van der Waals surface area (Å²) in [5.41, 5.74) is 0. The van der Waals surface area contributed by atoms with Crippen LogP contribution in [0.5, 0.6) is 0 Å². The van der Waals surface area contributed by atoms with Gasteiger partial charge in [0.1, 0.15) is 0 Å². The minimum atomic E-state index is -0.0837. The van der Waals surface area contributed by atoms with Crippen LogP contribution in [0.3, 0.4) is 0 Å². The topological polar surface area (TPSA) is 62.2 Å². The molecule has 1 aromatic rings. The third-order valence-electron chi connectivity index (χ3n) is 3.77. The van der Waals surface area contributed by atoms with E-state index >= 15 is 0 Å². The molecular weight excluding hydrogens is 254 g/mol. The standard InChI is InChI=1S/C14H25N5O/c1-3-18-8-5-13(11-18)9-15-14(20)17-12(2)10-19-7-4-6-16-19/h4,6-7,12-13H,3,5,8-11H2,1-2H3,(H2,15,17,20)/t12-,13+/m0/s1. The molecule has 112 valence electrons. The number of nitrogens with zero attached hydrogens (tertiary/aromatic N) is 3. The van der Waals surface area contributed by atoms with Crippen molar-refractivity contribution in [3.63, 3.8) is 0 Å². The van der Waals surface area contributed by atoms with Gasteiger partial charge in [-0.25, -0.2) is 4.79 Å². The summed E-state index contributed by atoms with van der Waals surface area (Å²) in [6, 6.07) is 1.86. The van der Waals surface area contributed by atoms with Crippen LogP contribution < -0.4 is 10.6 Å². The number of rotatable bonds is 6. The minimum Gasteiger partial charge on any atom is -0.338 e. The first-order chi connectivity index (χ1) is 9.67. The molecular formula is C14H25N5O. The van der Waals surface area contributed by atoms with E-state index in [1.54, 1.807) is 6.20 Å².